The number of carbonyl (C=O) groups excluding carboxylic acids is 1. The van der Waals surface area contributed by atoms with Gasteiger partial charge in [-0.1, -0.05) is 13.8 Å². The maximum atomic E-state index is 11.7. The third-order valence-electron chi connectivity index (χ3n) is 5.95. The maximum Gasteiger partial charge on any atom is 0.233 e. The normalized spacial score (nSPS) is 41.6. The molecule has 0 aromatic heterocycles. The fourth-order valence-electron chi connectivity index (χ4n) is 5.51. The Kier molecular flexibility index (Phi) is 3.59. The summed E-state index contributed by atoms with van der Waals surface area (Å²) in [6.45, 7) is 4.61. The lowest BCUT2D eigenvalue weighted by molar-refractivity contribution is -0.123. The zero-order valence-corrected chi connectivity index (χ0v) is 12.3. The van der Waals surface area contributed by atoms with Crippen LogP contribution in [0, 0.1) is 35.5 Å². The third kappa shape index (κ3) is 2.42. The van der Waals surface area contributed by atoms with Crippen LogP contribution in [0.2, 0.25) is 0 Å². The summed E-state index contributed by atoms with van der Waals surface area (Å²) in [4.78, 5) is 11.7. The van der Waals surface area contributed by atoms with Gasteiger partial charge in [0.25, 0.3) is 0 Å². The number of carbonyl (C=O) groups is 1. The molecule has 3 nitrogen and oxygen atoms in total. The molecule has 4 bridgehead atoms. The topological polar surface area (TPSA) is 55.1 Å². The summed E-state index contributed by atoms with van der Waals surface area (Å²) < 4.78 is 0. The van der Waals surface area contributed by atoms with Gasteiger partial charge >= 0.3 is 0 Å². The summed E-state index contributed by atoms with van der Waals surface area (Å²) in [6, 6.07) is 0.339. The third-order valence-corrected chi connectivity index (χ3v) is 5.95. The Morgan fingerprint density at radius 3 is 2.05 bits per heavy atom. The number of rotatable bonds is 4. The first-order chi connectivity index (χ1) is 9.08. The van der Waals surface area contributed by atoms with Crippen LogP contribution in [-0.4, -0.2) is 18.5 Å². The standard InChI is InChI=1S/C16H28N2O/c1-9(2)16(18-14(19)8-17)15-12-4-10-3-11(6-12)7-13(15)5-10/h9-13,15-16H,3-8,17H2,1-2H3,(H,18,19). The second-order valence-corrected chi connectivity index (χ2v) is 7.55. The maximum absolute atomic E-state index is 11.7. The number of nitrogens with two attached hydrogens (primary N) is 1. The molecule has 4 saturated carbocycles. The van der Waals surface area contributed by atoms with Gasteiger partial charge in [0, 0.05) is 6.04 Å². The molecule has 0 radical (unpaired) electrons. The van der Waals surface area contributed by atoms with E-state index in [-0.39, 0.29) is 12.5 Å². The Morgan fingerprint density at radius 1 is 1.11 bits per heavy atom. The van der Waals surface area contributed by atoms with Gasteiger partial charge in [0.2, 0.25) is 5.91 Å². The zero-order chi connectivity index (χ0) is 13.6. The van der Waals surface area contributed by atoms with Crippen molar-refractivity contribution >= 4 is 5.91 Å². The van der Waals surface area contributed by atoms with E-state index in [2.05, 4.69) is 19.2 Å². The SMILES string of the molecule is CC(C)C(NC(=O)CN)C1C2CC3CC(C2)CC1C3. The van der Waals surface area contributed by atoms with Gasteiger partial charge < -0.3 is 11.1 Å². The highest BCUT2D eigenvalue weighted by Crippen LogP contribution is 2.57. The van der Waals surface area contributed by atoms with Gasteiger partial charge in [-0.2, -0.15) is 0 Å². The first-order valence-electron chi connectivity index (χ1n) is 8.08. The van der Waals surface area contributed by atoms with Gasteiger partial charge in [0.05, 0.1) is 6.54 Å². The molecule has 4 aliphatic rings. The van der Waals surface area contributed by atoms with Gasteiger partial charge in [-0.25, -0.2) is 0 Å². The van der Waals surface area contributed by atoms with Crippen molar-refractivity contribution in [3.8, 4) is 0 Å². The molecule has 4 fully saturated rings. The minimum absolute atomic E-state index is 0.0208. The fraction of sp³-hybridized carbons (Fsp3) is 0.938. The summed E-state index contributed by atoms with van der Waals surface area (Å²) in [6.07, 6.45) is 7.15. The van der Waals surface area contributed by atoms with E-state index in [0.29, 0.717) is 17.9 Å². The molecule has 3 N–H and O–H groups in total. The zero-order valence-electron chi connectivity index (χ0n) is 12.3. The summed E-state index contributed by atoms with van der Waals surface area (Å²) in [5.41, 5.74) is 5.48. The lowest BCUT2D eigenvalue weighted by atomic mass is 9.50. The Bertz CT molecular complexity index is 325. The lowest BCUT2D eigenvalue weighted by Crippen LogP contribution is -2.56. The predicted octanol–water partition coefficient (Wildman–Crippen LogP) is 2.16. The summed E-state index contributed by atoms with van der Waals surface area (Å²) in [5, 5.41) is 3.23. The molecule has 4 aliphatic carbocycles. The quantitative estimate of drug-likeness (QED) is 0.817. The van der Waals surface area contributed by atoms with Crippen LogP contribution in [0.3, 0.4) is 0 Å². The monoisotopic (exact) mass is 264 g/mol. The molecule has 3 heteroatoms. The van der Waals surface area contributed by atoms with Crippen LogP contribution in [0.4, 0.5) is 0 Å². The molecule has 0 aromatic rings. The van der Waals surface area contributed by atoms with E-state index in [4.69, 9.17) is 5.73 Å². The first-order valence-corrected chi connectivity index (χ1v) is 8.08. The van der Waals surface area contributed by atoms with E-state index in [0.717, 1.165) is 23.7 Å². The van der Waals surface area contributed by atoms with Crippen LogP contribution in [0.25, 0.3) is 0 Å². The smallest absolute Gasteiger partial charge is 0.233 e. The van der Waals surface area contributed by atoms with Crippen LogP contribution in [0.15, 0.2) is 0 Å². The van der Waals surface area contributed by atoms with E-state index >= 15 is 0 Å². The molecule has 1 amide bonds. The Balaban J connectivity index is 1.76. The molecule has 1 unspecified atom stereocenters. The van der Waals surface area contributed by atoms with E-state index in [1.165, 1.54) is 32.1 Å². The average molecular weight is 264 g/mol. The second kappa shape index (κ2) is 5.08. The molecule has 4 rings (SSSR count). The molecule has 0 saturated heterocycles. The Hall–Kier alpha value is -0.570. The second-order valence-electron chi connectivity index (χ2n) is 7.55. The highest BCUT2D eigenvalue weighted by atomic mass is 16.1. The average Bonchev–Trinajstić information content (AvgIpc) is 2.35. The van der Waals surface area contributed by atoms with Gasteiger partial charge in [-0.3, -0.25) is 4.79 Å². The number of amides is 1. The van der Waals surface area contributed by atoms with E-state index in [1.54, 1.807) is 0 Å². The molecule has 0 spiro atoms. The van der Waals surface area contributed by atoms with Crippen molar-refractivity contribution in [2.45, 2.75) is 52.0 Å². The summed E-state index contributed by atoms with van der Waals surface area (Å²) >= 11 is 0. The van der Waals surface area contributed by atoms with Crippen LogP contribution in [-0.2, 0) is 4.79 Å². The molecule has 108 valence electrons. The van der Waals surface area contributed by atoms with Crippen molar-refractivity contribution in [1.82, 2.24) is 5.32 Å². The first kappa shape index (κ1) is 13.4. The van der Waals surface area contributed by atoms with Crippen molar-refractivity contribution in [1.29, 1.82) is 0 Å². The van der Waals surface area contributed by atoms with E-state index in [1.807, 2.05) is 0 Å². The molecule has 0 aromatic carbocycles. The van der Waals surface area contributed by atoms with Crippen molar-refractivity contribution in [3.05, 3.63) is 0 Å². The Labute approximate surface area is 116 Å². The Morgan fingerprint density at radius 2 is 1.63 bits per heavy atom. The molecular formula is C16H28N2O. The molecular weight excluding hydrogens is 236 g/mol. The minimum Gasteiger partial charge on any atom is -0.352 e. The van der Waals surface area contributed by atoms with Crippen molar-refractivity contribution in [2.24, 2.45) is 41.2 Å². The lowest BCUT2D eigenvalue weighted by Gasteiger charge is -2.57. The van der Waals surface area contributed by atoms with Crippen LogP contribution >= 0.6 is 0 Å². The molecule has 0 aliphatic heterocycles. The van der Waals surface area contributed by atoms with Crippen molar-refractivity contribution < 1.29 is 4.79 Å². The predicted molar refractivity (Wildman–Crippen MR) is 76.4 cm³/mol. The largest absolute Gasteiger partial charge is 0.352 e. The van der Waals surface area contributed by atoms with Crippen molar-refractivity contribution in [2.75, 3.05) is 6.54 Å². The van der Waals surface area contributed by atoms with Crippen LogP contribution in [0.5, 0.6) is 0 Å². The summed E-state index contributed by atoms with van der Waals surface area (Å²) in [7, 11) is 0. The van der Waals surface area contributed by atoms with E-state index in [9.17, 15) is 4.79 Å². The number of nitrogens with one attached hydrogen (secondary N) is 1. The van der Waals surface area contributed by atoms with Crippen LogP contribution in [0.1, 0.15) is 46.0 Å². The van der Waals surface area contributed by atoms with Gasteiger partial charge in [0.15, 0.2) is 0 Å². The highest BCUT2D eigenvalue weighted by Gasteiger charge is 2.51. The van der Waals surface area contributed by atoms with Crippen molar-refractivity contribution in [3.63, 3.8) is 0 Å². The van der Waals surface area contributed by atoms with Crippen LogP contribution < -0.4 is 11.1 Å². The summed E-state index contributed by atoms with van der Waals surface area (Å²) in [5.74, 6) is 4.96. The minimum atomic E-state index is 0.0208. The van der Waals surface area contributed by atoms with Gasteiger partial charge in [-0.15, -0.1) is 0 Å². The highest BCUT2D eigenvalue weighted by molar-refractivity contribution is 5.78. The van der Waals surface area contributed by atoms with E-state index < -0.39 is 0 Å². The van der Waals surface area contributed by atoms with Gasteiger partial charge in [0.1, 0.15) is 0 Å². The number of hydrogen-bond acceptors (Lipinski definition) is 2. The molecule has 1 atom stereocenters. The molecule has 0 heterocycles. The fourth-order valence-corrected chi connectivity index (χ4v) is 5.51. The molecule has 19 heavy (non-hydrogen) atoms. The number of hydrogen-bond donors (Lipinski definition) is 2. The van der Waals surface area contributed by atoms with Gasteiger partial charge in [-0.05, 0) is 67.6 Å².